The smallest absolute Gasteiger partial charge is 0.395 e. The van der Waals surface area contributed by atoms with Crippen LogP contribution in [0.2, 0.25) is 0 Å². The largest absolute Gasteiger partial charge is 0.596 e. The second kappa shape index (κ2) is 17.1. The molecule has 2 aromatic carbocycles. The maximum absolute atomic E-state index is 13.2. The Kier molecular flexibility index (Phi) is 14.6. The van der Waals surface area contributed by atoms with Crippen LogP contribution in [-0.4, -0.2) is 9.79 Å². The second-order valence-electron chi connectivity index (χ2n) is 9.53. The van der Waals surface area contributed by atoms with E-state index in [0.717, 1.165) is 36.8 Å². The van der Waals surface area contributed by atoms with Gasteiger partial charge in [-0.2, -0.15) is 4.31 Å². The fraction of sp³-hybridized carbons (Fsp3) is 0.571. The summed E-state index contributed by atoms with van der Waals surface area (Å²) in [5.41, 5.74) is 2.21. The van der Waals surface area contributed by atoms with Crippen molar-refractivity contribution in [3.8, 4) is 11.5 Å². The van der Waals surface area contributed by atoms with Crippen molar-refractivity contribution in [2.75, 3.05) is 0 Å². The van der Waals surface area contributed by atoms with E-state index >= 15 is 0 Å². The first-order chi connectivity index (χ1) is 17.7. The van der Waals surface area contributed by atoms with Crippen LogP contribution in [0.3, 0.4) is 0 Å². The van der Waals surface area contributed by atoms with Gasteiger partial charge in [-0.1, -0.05) is 102 Å². The number of hydrogen-bond acceptors (Lipinski definition) is 5. The first-order valence-electron chi connectivity index (χ1n) is 13.7. The van der Waals surface area contributed by atoms with Crippen LogP contribution in [0.1, 0.15) is 102 Å². The molecule has 7 nitrogen and oxygen atoms in total. The molecule has 0 aliphatic rings. The number of phosphoric acid groups is 2. The lowest BCUT2D eigenvalue weighted by molar-refractivity contribution is 0.233. The molecule has 2 aromatic rings. The number of phosphoric ester groups is 1. The highest BCUT2D eigenvalue weighted by Gasteiger charge is 2.39. The molecule has 0 saturated carbocycles. The second-order valence-corrected chi connectivity index (χ2v) is 12.4. The monoisotopic (exact) mass is 554 g/mol. The van der Waals surface area contributed by atoms with Crippen LogP contribution in [0.15, 0.2) is 48.5 Å². The number of aryl methyl sites for hydroxylation is 2. The Labute approximate surface area is 222 Å². The minimum Gasteiger partial charge on any atom is -0.395 e. The van der Waals surface area contributed by atoms with Gasteiger partial charge in [-0.05, 0) is 61.1 Å². The molecule has 0 aliphatic heterocycles. The summed E-state index contributed by atoms with van der Waals surface area (Å²) in [4.78, 5) is 18.6. The molecule has 208 valence electrons. The maximum Gasteiger partial charge on any atom is 0.596 e. The van der Waals surface area contributed by atoms with E-state index in [1.54, 1.807) is 24.3 Å². The molecular weight excluding hydrogens is 510 g/mol. The molecule has 2 rings (SSSR count). The van der Waals surface area contributed by atoms with Crippen molar-refractivity contribution in [3.05, 3.63) is 59.7 Å². The summed E-state index contributed by atoms with van der Waals surface area (Å²) in [6.45, 7) is 4.40. The average Bonchev–Trinajstić information content (AvgIpc) is 2.84. The van der Waals surface area contributed by atoms with Gasteiger partial charge in [0.1, 0.15) is 11.5 Å². The van der Waals surface area contributed by atoms with Crippen LogP contribution in [-0.2, 0) is 26.3 Å². The van der Waals surface area contributed by atoms with E-state index in [-0.39, 0.29) is 11.5 Å². The summed E-state index contributed by atoms with van der Waals surface area (Å²) in [6, 6.07) is 13.8. The Morgan fingerprint density at radius 1 is 0.568 bits per heavy atom. The maximum atomic E-state index is 13.2. The van der Waals surface area contributed by atoms with Gasteiger partial charge in [0.15, 0.2) is 0 Å². The van der Waals surface area contributed by atoms with Gasteiger partial charge in [-0.25, -0.2) is 9.13 Å². The van der Waals surface area contributed by atoms with Crippen molar-refractivity contribution in [1.29, 1.82) is 0 Å². The summed E-state index contributed by atoms with van der Waals surface area (Å²) in [5, 5.41) is 0. The Bertz CT molecular complexity index is 906. The number of hydrogen-bond donors (Lipinski definition) is 2. The molecule has 37 heavy (non-hydrogen) atoms. The van der Waals surface area contributed by atoms with E-state index in [1.807, 2.05) is 24.3 Å². The van der Waals surface area contributed by atoms with Crippen LogP contribution < -0.4 is 9.05 Å². The first kappa shape index (κ1) is 31.6. The molecule has 0 radical (unpaired) electrons. The summed E-state index contributed by atoms with van der Waals surface area (Å²) < 4.78 is 39.9. The van der Waals surface area contributed by atoms with Gasteiger partial charge in [0.25, 0.3) is 0 Å². The average molecular weight is 555 g/mol. The minimum absolute atomic E-state index is 0.142. The normalized spacial score (nSPS) is 12.0. The molecule has 0 unspecified atom stereocenters. The van der Waals surface area contributed by atoms with Crippen LogP contribution in [0, 0.1) is 0 Å². The molecule has 0 saturated heterocycles. The highest BCUT2D eigenvalue weighted by molar-refractivity contribution is 7.61. The molecule has 0 aromatic heterocycles. The van der Waals surface area contributed by atoms with Gasteiger partial charge in [0.2, 0.25) is 0 Å². The van der Waals surface area contributed by atoms with E-state index in [4.69, 9.17) is 9.05 Å². The molecule has 0 heterocycles. The molecule has 0 spiro atoms. The summed E-state index contributed by atoms with van der Waals surface area (Å²) in [6.07, 6.45) is 16.4. The van der Waals surface area contributed by atoms with Crippen molar-refractivity contribution in [2.45, 2.75) is 104 Å². The third-order valence-corrected chi connectivity index (χ3v) is 8.65. The van der Waals surface area contributed by atoms with Crippen molar-refractivity contribution >= 4 is 15.6 Å². The molecule has 0 aliphatic carbocycles. The lowest BCUT2D eigenvalue weighted by Gasteiger charge is -2.19. The van der Waals surface area contributed by atoms with Crippen molar-refractivity contribution < 1.29 is 32.3 Å². The van der Waals surface area contributed by atoms with Crippen molar-refractivity contribution in [1.82, 2.24) is 0 Å². The first-order valence-corrected chi connectivity index (χ1v) is 16.7. The van der Waals surface area contributed by atoms with Gasteiger partial charge in [0.05, 0.1) is 0 Å². The van der Waals surface area contributed by atoms with Gasteiger partial charge in [-0.3, -0.25) is 0 Å². The SMILES string of the molecule is CCCCCCCCc1ccc(OP(=O)(Oc2ccc(CCCCCCCC)cc2)OP(=O)(O)O)cc1. The highest BCUT2D eigenvalue weighted by atomic mass is 31.3. The summed E-state index contributed by atoms with van der Waals surface area (Å²) in [5.74, 6) is 0.284. The molecule has 0 bridgehead atoms. The summed E-state index contributed by atoms with van der Waals surface area (Å²) in [7, 11) is -9.80. The standard InChI is InChI=1S/C28H44O7P2/c1-3-5-7-9-11-13-15-25-17-21-27(22-18-25)33-37(32,35-36(29,30)31)34-28-23-19-26(20-24-28)16-14-12-10-8-6-4-2/h17-24H,3-16H2,1-2H3,(H2,29,30,31). The molecular formula is C28H44O7P2. The van der Waals surface area contributed by atoms with E-state index in [1.165, 1.54) is 64.2 Å². The fourth-order valence-corrected chi connectivity index (χ4v) is 6.20. The zero-order chi connectivity index (χ0) is 27.0. The van der Waals surface area contributed by atoms with Gasteiger partial charge < -0.3 is 18.8 Å². The zero-order valence-corrected chi connectivity index (χ0v) is 24.1. The predicted octanol–water partition coefficient (Wildman–Crippen LogP) is 9.17. The molecule has 0 amide bonds. The third-order valence-electron chi connectivity index (χ3n) is 6.13. The fourth-order valence-electron chi connectivity index (χ4n) is 4.09. The van der Waals surface area contributed by atoms with E-state index in [9.17, 15) is 18.9 Å². The lowest BCUT2D eigenvalue weighted by atomic mass is 10.1. The third kappa shape index (κ3) is 14.2. The van der Waals surface area contributed by atoms with E-state index in [2.05, 4.69) is 18.2 Å². The Balaban J connectivity index is 1.93. The van der Waals surface area contributed by atoms with Crippen LogP contribution in [0.4, 0.5) is 0 Å². The van der Waals surface area contributed by atoms with Gasteiger partial charge in [-0.15, -0.1) is 0 Å². The topological polar surface area (TPSA) is 102 Å². The van der Waals surface area contributed by atoms with Gasteiger partial charge >= 0.3 is 15.6 Å². The number of rotatable bonds is 20. The minimum atomic E-state index is -5.15. The molecule has 0 atom stereocenters. The van der Waals surface area contributed by atoms with Crippen LogP contribution in [0.5, 0.6) is 11.5 Å². The zero-order valence-electron chi connectivity index (χ0n) is 22.3. The number of unbranched alkanes of at least 4 members (excludes halogenated alkanes) is 10. The number of benzene rings is 2. The summed E-state index contributed by atoms with van der Waals surface area (Å²) >= 11 is 0. The quantitative estimate of drug-likeness (QED) is 0.124. The predicted molar refractivity (Wildman–Crippen MR) is 149 cm³/mol. The molecule has 0 fully saturated rings. The van der Waals surface area contributed by atoms with Crippen LogP contribution >= 0.6 is 15.6 Å². The highest BCUT2D eigenvalue weighted by Crippen LogP contribution is 2.60. The van der Waals surface area contributed by atoms with Crippen LogP contribution in [0.25, 0.3) is 0 Å². The Morgan fingerprint density at radius 2 is 0.919 bits per heavy atom. The lowest BCUT2D eigenvalue weighted by Crippen LogP contribution is -2.04. The van der Waals surface area contributed by atoms with E-state index < -0.39 is 15.6 Å². The van der Waals surface area contributed by atoms with E-state index in [0.29, 0.717) is 0 Å². The van der Waals surface area contributed by atoms with Gasteiger partial charge in [0, 0.05) is 0 Å². The molecule has 9 heteroatoms. The Hall–Kier alpha value is -1.62. The molecule has 2 N–H and O–H groups in total. The Morgan fingerprint density at radius 3 is 1.27 bits per heavy atom. The van der Waals surface area contributed by atoms with Crippen molar-refractivity contribution in [2.24, 2.45) is 0 Å². The van der Waals surface area contributed by atoms with Crippen molar-refractivity contribution in [3.63, 3.8) is 0 Å².